The molecule has 108 valence electrons. The zero-order chi connectivity index (χ0) is 14.7. The van der Waals surface area contributed by atoms with E-state index in [1.165, 1.54) is 12.1 Å². The summed E-state index contributed by atoms with van der Waals surface area (Å²) in [5, 5.41) is 10.8. The Morgan fingerprint density at radius 1 is 1.55 bits per heavy atom. The third kappa shape index (κ3) is 2.93. The van der Waals surface area contributed by atoms with Crippen LogP contribution in [0.25, 0.3) is 0 Å². The van der Waals surface area contributed by atoms with Gasteiger partial charge in [0.1, 0.15) is 5.02 Å². The Hall–Kier alpha value is -1.62. The number of nitro benzene ring substituents is 1. The minimum atomic E-state index is -0.565. The fraction of sp³-hybridized carbons (Fsp3) is 0.500. The van der Waals surface area contributed by atoms with E-state index in [4.69, 9.17) is 11.6 Å². The number of carbonyl (C=O) groups excluding carboxylic acids is 1. The molecular weight excluding hydrogens is 280 g/mol. The van der Waals surface area contributed by atoms with Gasteiger partial charge >= 0.3 is 0 Å². The van der Waals surface area contributed by atoms with Crippen molar-refractivity contribution in [2.75, 3.05) is 13.1 Å². The van der Waals surface area contributed by atoms with Gasteiger partial charge in [-0.1, -0.05) is 31.0 Å². The van der Waals surface area contributed by atoms with Crippen LogP contribution in [0.2, 0.25) is 5.02 Å². The molecule has 5 nitrogen and oxygen atoms in total. The molecule has 6 heteroatoms. The fourth-order valence-corrected chi connectivity index (χ4v) is 2.85. The SMILES string of the molecule is CCC1CCCN(C(=O)c2cccc([N+](=O)[O-])c2Cl)C1. The molecule has 1 aromatic carbocycles. The van der Waals surface area contributed by atoms with Gasteiger partial charge in [-0.2, -0.15) is 0 Å². The Labute approximate surface area is 122 Å². The van der Waals surface area contributed by atoms with E-state index in [-0.39, 0.29) is 22.2 Å². The van der Waals surface area contributed by atoms with Gasteiger partial charge in [0.15, 0.2) is 0 Å². The molecular formula is C14H17ClN2O3. The van der Waals surface area contributed by atoms with E-state index < -0.39 is 4.92 Å². The first-order chi connectivity index (χ1) is 9.54. The van der Waals surface area contributed by atoms with E-state index in [1.807, 2.05) is 0 Å². The van der Waals surface area contributed by atoms with E-state index >= 15 is 0 Å². The van der Waals surface area contributed by atoms with Crippen LogP contribution in [0.1, 0.15) is 36.5 Å². The highest BCUT2D eigenvalue weighted by Crippen LogP contribution is 2.30. The normalized spacial score (nSPS) is 18.9. The summed E-state index contributed by atoms with van der Waals surface area (Å²) in [6.07, 6.45) is 3.13. The van der Waals surface area contributed by atoms with Crippen molar-refractivity contribution in [2.24, 2.45) is 5.92 Å². The molecule has 1 fully saturated rings. The van der Waals surface area contributed by atoms with Crippen molar-refractivity contribution in [3.63, 3.8) is 0 Å². The summed E-state index contributed by atoms with van der Waals surface area (Å²) in [6.45, 7) is 3.50. The second-order valence-electron chi connectivity index (χ2n) is 5.06. The summed E-state index contributed by atoms with van der Waals surface area (Å²) >= 11 is 6.00. The predicted octanol–water partition coefficient (Wildman–Crippen LogP) is 3.51. The smallest absolute Gasteiger partial charge is 0.288 e. The molecule has 0 spiro atoms. The maximum atomic E-state index is 12.5. The molecule has 1 saturated heterocycles. The molecule has 0 bridgehead atoms. The molecule has 1 aromatic rings. The molecule has 2 rings (SSSR count). The first kappa shape index (κ1) is 14.8. The fourth-order valence-electron chi connectivity index (χ4n) is 2.58. The highest BCUT2D eigenvalue weighted by Gasteiger charge is 2.27. The van der Waals surface area contributed by atoms with Crippen LogP contribution < -0.4 is 0 Å². The van der Waals surface area contributed by atoms with Gasteiger partial charge in [-0.25, -0.2) is 0 Å². The van der Waals surface area contributed by atoms with Gasteiger partial charge in [-0.15, -0.1) is 0 Å². The van der Waals surface area contributed by atoms with E-state index in [1.54, 1.807) is 11.0 Å². The Morgan fingerprint density at radius 3 is 2.95 bits per heavy atom. The molecule has 1 atom stereocenters. The van der Waals surface area contributed by atoms with Crippen LogP contribution in [0.4, 0.5) is 5.69 Å². The highest BCUT2D eigenvalue weighted by atomic mass is 35.5. The number of hydrogen-bond donors (Lipinski definition) is 0. The van der Waals surface area contributed by atoms with Gasteiger partial charge in [0.05, 0.1) is 10.5 Å². The molecule has 0 aromatic heterocycles. The van der Waals surface area contributed by atoms with Crippen LogP contribution in [0.3, 0.4) is 0 Å². The second kappa shape index (κ2) is 6.22. The van der Waals surface area contributed by atoms with Crippen molar-refractivity contribution in [2.45, 2.75) is 26.2 Å². The van der Waals surface area contributed by atoms with Crippen LogP contribution >= 0.6 is 11.6 Å². The maximum Gasteiger partial charge on any atom is 0.288 e. The summed E-state index contributed by atoms with van der Waals surface area (Å²) in [7, 11) is 0. The largest absolute Gasteiger partial charge is 0.338 e. The zero-order valence-corrected chi connectivity index (χ0v) is 12.1. The molecule has 0 N–H and O–H groups in total. The summed E-state index contributed by atoms with van der Waals surface area (Å²) in [5.41, 5.74) is -0.000752. The predicted molar refractivity (Wildman–Crippen MR) is 77.0 cm³/mol. The van der Waals surface area contributed by atoms with Crippen molar-refractivity contribution in [3.8, 4) is 0 Å². The average Bonchev–Trinajstić information content (AvgIpc) is 2.46. The number of likely N-dealkylation sites (tertiary alicyclic amines) is 1. The van der Waals surface area contributed by atoms with E-state index in [0.29, 0.717) is 19.0 Å². The van der Waals surface area contributed by atoms with E-state index in [0.717, 1.165) is 19.3 Å². The second-order valence-corrected chi connectivity index (χ2v) is 5.44. The molecule has 0 saturated carbocycles. The molecule has 20 heavy (non-hydrogen) atoms. The van der Waals surface area contributed by atoms with Crippen LogP contribution in [0.5, 0.6) is 0 Å². The van der Waals surface area contributed by atoms with Crippen molar-refractivity contribution in [1.29, 1.82) is 0 Å². The standard InChI is InChI=1S/C14H17ClN2O3/c1-2-10-5-4-8-16(9-10)14(18)11-6-3-7-12(13(11)15)17(19)20/h3,6-7,10H,2,4-5,8-9H2,1H3. The molecule has 0 aliphatic carbocycles. The number of rotatable bonds is 3. The summed E-state index contributed by atoms with van der Waals surface area (Å²) in [4.78, 5) is 24.5. The van der Waals surface area contributed by atoms with Gasteiger partial charge in [0.2, 0.25) is 0 Å². The zero-order valence-electron chi connectivity index (χ0n) is 11.3. The van der Waals surface area contributed by atoms with E-state index in [2.05, 4.69) is 6.92 Å². The summed E-state index contributed by atoms with van der Waals surface area (Å²) < 4.78 is 0. The lowest BCUT2D eigenvalue weighted by molar-refractivity contribution is -0.384. The van der Waals surface area contributed by atoms with Gasteiger partial charge in [-0.05, 0) is 24.8 Å². The first-order valence-electron chi connectivity index (χ1n) is 6.76. The highest BCUT2D eigenvalue weighted by molar-refractivity contribution is 6.35. The molecule has 0 radical (unpaired) electrons. The van der Waals surface area contributed by atoms with Crippen LogP contribution in [-0.2, 0) is 0 Å². The van der Waals surface area contributed by atoms with Gasteiger partial charge in [0, 0.05) is 19.2 Å². The average molecular weight is 297 g/mol. The lowest BCUT2D eigenvalue weighted by Gasteiger charge is -2.32. The van der Waals surface area contributed by atoms with Crippen molar-refractivity contribution in [3.05, 3.63) is 38.9 Å². The molecule has 1 unspecified atom stereocenters. The monoisotopic (exact) mass is 296 g/mol. The Bertz CT molecular complexity index is 533. The molecule has 1 amide bonds. The number of amides is 1. The van der Waals surface area contributed by atoms with Crippen LogP contribution in [0.15, 0.2) is 18.2 Å². The number of benzene rings is 1. The lowest BCUT2D eigenvalue weighted by Crippen LogP contribution is -2.39. The quantitative estimate of drug-likeness (QED) is 0.633. The number of piperidine rings is 1. The Kier molecular flexibility index (Phi) is 4.60. The summed E-state index contributed by atoms with van der Waals surface area (Å²) in [6, 6.07) is 4.36. The third-order valence-corrected chi connectivity index (χ3v) is 4.19. The third-order valence-electron chi connectivity index (χ3n) is 3.79. The summed E-state index contributed by atoms with van der Waals surface area (Å²) in [5.74, 6) is 0.294. The van der Waals surface area contributed by atoms with Crippen molar-refractivity contribution < 1.29 is 9.72 Å². The van der Waals surface area contributed by atoms with Gasteiger partial charge < -0.3 is 4.90 Å². The topological polar surface area (TPSA) is 63.5 Å². The number of carbonyl (C=O) groups is 1. The molecule has 1 aliphatic heterocycles. The van der Waals surface area contributed by atoms with Crippen LogP contribution in [0, 0.1) is 16.0 Å². The van der Waals surface area contributed by atoms with E-state index in [9.17, 15) is 14.9 Å². The lowest BCUT2D eigenvalue weighted by atomic mass is 9.95. The number of halogens is 1. The van der Waals surface area contributed by atoms with Crippen molar-refractivity contribution in [1.82, 2.24) is 4.90 Å². The Morgan fingerprint density at radius 2 is 2.30 bits per heavy atom. The molecule has 1 aliphatic rings. The Balaban J connectivity index is 2.25. The molecule has 1 heterocycles. The van der Waals surface area contributed by atoms with Gasteiger partial charge in [0.25, 0.3) is 11.6 Å². The number of nitrogens with zero attached hydrogens (tertiary/aromatic N) is 2. The maximum absolute atomic E-state index is 12.5. The minimum Gasteiger partial charge on any atom is -0.338 e. The number of nitro groups is 1. The first-order valence-corrected chi connectivity index (χ1v) is 7.14. The number of hydrogen-bond acceptors (Lipinski definition) is 3. The van der Waals surface area contributed by atoms with Crippen LogP contribution in [-0.4, -0.2) is 28.8 Å². The van der Waals surface area contributed by atoms with Gasteiger partial charge in [-0.3, -0.25) is 14.9 Å². The minimum absolute atomic E-state index is 0.0684. The van der Waals surface area contributed by atoms with Crippen molar-refractivity contribution >= 4 is 23.2 Å².